The zero-order valence-corrected chi connectivity index (χ0v) is 13.5. The number of benzene rings is 2. The van der Waals surface area contributed by atoms with E-state index in [1.807, 2.05) is 48.5 Å². The molecule has 1 aliphatic carbocycles. The average Bonchev–Trinajstić information content (AvgIpc) is 3.44. The van der Waals surface area contributed by atoms with Crippen LogP contribution in [-0.4, -0.2) is 17.7 Å². The van der Waals surface area contributed by atoms with E-state index in [1.165, 1.54) is 12.8 Å². The lowest BCUT2D eigenvalue weighted by Crippen LogP contribution is -2.28. The summed E-state index contributed by atoms with van der Waals surface area (Å²) in [6.07, 6.45) is 2.45. The Bertz CT molecular complexity index is 699. The van der Waals surface area contributed by atoms with Gasteiger partial charge in [-0.3, -0.25) is 0 Å². The molecule has 2 aromatic carbocycles. The summed E-state index contributed by atoms with van der Waals surface area (Å²) in [5.74, 6) is 1.34. The molecule has 0 radical (unpaired) electrons. The summed E-state index contributed by atoms with van der Waals surface area (Å²) in [5.41, 5.74) is 2.37. The number of hydrogen-bond donors (Lipinski definition) is 3. The van der Waals surface area contributed by atoms with Gasteiger partial charge >= 0.3 is 6.03 Å². The monoisotopic (exact) mass is 326 g/mol. The summed E-state index contributed by atoms with van der Waals surface area (Å²) in [5, 5.41) is 15.0. The third kappa shape index (κ3) is 4.49. The van der Waals surface area contributed by atoms with Gasteiger partial charge in [0.05, 0.1) is 18.9 Å². The highest BCUT2D eigenvalue weighted by Crippen LogP contribution is 2.31. The van der Waals surface area contributed by atoms with Crippen LogP contribution >= 0.6 is 0 Å². The van der Waals surface area contributed by atoms with Crippen molar-refractivity contribution in [2.24, 2.45) is 5.92 Å². The molecular formula is C19H22N2O3. The zero-order valence-electron chi connectivity index (χ0n) is 13.5. The van der Waals surface area contributed by atoms with Crippen molar-refractivity contribution in [3.8, 4) is 5.75 Å². The van der Waals surface area contributed by atoms with Crippen LogP contribution in [0.3, 0.4) is 0 Å². The van der Waals surface area contributed by atoms with Gasteiger partial charge < -0.3 is 20.5 Å². The van der Waals surface area contributed by atoms with Crippen LogP contribution in [0, 0.1) is 5.92 Å². The van der Waals surface area contributed by atoms with Crippen LogP contribution in [0.5, 0.6) is 5.75 Å². The Kier molecular flexibility index (Phi) is 5.33. The molecule has 1 fully saturated rings. The van der Waals surface area contributed by atoms with Gasteiger partial charge in [0.1, 0.15) is 5.75 Å². The molecule has 3 rings (SSSR count). The molecule has 0 heterocycles. The van der Waals surface area contributed by atoms with Crippen LogP contribution in [0.15, 0.2) is 48.5 Å². The Labute approximate surface area is 141 Å². The smallest absolute Gasteiger partial charge is 0.319 e. The minimum absolute atomic E-state index is 0.0443. The minimum atomic E-state index is -0.301. The molecule has 5 heteroatoms. The zero-order chi connectivity index (χ0) is 16.8. The Morgan fingerprint density at radius 3 is 2.54 bits per heavy atom. The second kappa shape index (κ2) is 7.84. The first-order chi connectivity index (χ1) is 11.8. The largest absolute Gasteiger partial charge is 0.491 e. The van der Waals surface area contributed by atoms with Crippen molar-refractivity contribution in [2.75, 3.05) is 11.9 Å². The molecule has 1 saturated carbocycles. The average molecular weight is 326 g/mol. The van der Waals surface area contributed by atoms with E-state index in [0.29, 0.717) is 30.5 Å². The highest BCUT2D eigenvalue weighted by atomic mass is 16.5. The van der Waals surface area contributed by atoms with E-state index in [1.54, 1.807) is 0 Å². The lowest BCUT2D eigenvalue weighted by Gasteiger charge is -2.13. The molecule has 0 unspecified atom stereocenters. The van der Waals surface area contributed by atoms with Crippen LogP contribution in [0.2, 0.25) is 0 Å². The van der Waals surface area contributed by atoms with Gasteiger partial charge in [-0.15, -0.1) is 0 Å². The van der Waals surface area contributed by atoms with Crippen LogP contribution in [0.25, 0.3) is 0 Å². The second-order valence-corrected chi connectivity index (χ2v) is 5.99. The minimum Gasteiger partial charge on any atom is -0.491 e. The number of aliphatic hydroxyl groups is 1. The molecule has 0 aliphatic heterocycles. The van der Waals surface area contributed by atoms with Crippen LogP contribution < -0.4 is 15.4 Å². The lowest BCUT2D eigenvalue weighted by molar-refractivity contribution is 0.251. The summed E-state index contributed by atoms with van der Waals surface area (Å²) in [6, 6.07) is 14.6. The van der Waals surface area contributed by atoms with Crippen molar-refractivity contribution < 1.29 is 14.6 Å². The predicted octanol–water partition coefficient (Wildman–Crippen LogP) is 3.29. The van der Waals surface area contributed by atoms with Gasteiger partial charge in [-0.05, 0) is 42.0 Å². The molecule has 0 spiro atoms. The fourth-order valence-corrected chi connectivity index (χ4v) is 2.41. The summed E-state index contributed by atoms with van der Waals surface area (Å²) >= 11 is 0. The van der Waals surface area contributed by atoms with Crippen molar-refractivity contribution in [1.82, 2.24) is 5.32 Å². The van der Waals surface area contributed by atoms with Crippen molar-refractivity contribution >= 4 is 11.7 Å². The number of para-hydroxylation sites is 2. The number of ether oxygens (including phenoxy) is 1. The van der Waals surface area contributed by atoms with E-state index in [-0.39, 0.29) is 12.6 Å². The Hall–Kier alpha value is -2.53. The van der Waals surface area contributed by atoms with Gasteiger partial charge in [0.25, 0.3) is 0 Å². The first kappa shape index (κ1) is 16.3. The number of carbonyl (C=O) groups excluding carboxylic acids is 1. The highest BCUT2D eigenvalue weighted by molar-refractivity contribution is 5.90. The molecule has 0 bridgehead atoms. The molecule has 2 amide bonds. The van der Waals surface area contributed by atoms with Crippen LogP contribution in [0.1, 0.15) is 24.0 Å². The van der Waals surface area contributed by atoms with Crippen molar-refractivity contribution in [2.45, 2.75) is 26.0 Å². The molecular weight excluding hydrogens is 304 g/mol. The van der Waals surface area contributed by atoms with Crippen LogP contribution in [0.4, 0.5) is 10.5 Å². The number of carbonyl (C=O) groups is 1. The van der Waals surface area contributed by atoms with E-state index < -0.39 is 0 Å². The molecule has 24 heavy (non-hydrogen) atoms. The number of hydrogen-bond acceptors (Lipinski definition) is 3. The summed E-state index contributed by atoms with van der Waals surface area (Å²) < 4.78 is 5.79. The van der Waals surface area contributed by atoms with Gasteiger partial charge in [-0.1, -0.05) is 36.4 Å². The third-order valence-electron chi connectivity index (χ3n) is 4.03. The van der Waals surface area contributed by atoms with Crippen molar-refractivity contribution in [1.29, 1.82) is 0 Å². The Balaban J connectivity index is 1.56. The molecule has 1 aliphatic rings. The highest BCUT2D eigenvalue weighted by Gasteiger charge is 2.22. The van der Waals surface area contributed by atoms with E-state index in [4.69, 9.17) is 4.74 Å². The summed E-state index contributed by atoms with van der Waals surface area (Å²) in [4.78, 5) is 12.1. The van der Waals surface area contributed by atoms with Crippen molar-refractivity contribution in [3.63, 3.8) is 0 Å². The molecule has 5 nitrogen and oxygen atoms in total. The molecule has 126 valence electrons. The normalized spacial score (nSPS) is 13.4. The van der Waals surface area contributed by atoms with Gasteiger partial charge in [0, 0.05) is 6.54 Å². The number of amides is 2. The molecule has 3 N–H and O–H groups in total. The number of nitrogens with one attached hydrogen (secondary N) is 2. The first-order valence-corrected chi connectivity index (χ1v) is 8.20. The Morgan fingerprint density at radius 2 is 1.79 bits per heavy atom. The molecule has 0 saturated heterocycles. The predicted molar refractivity (Wildman–Crippen MR) is 92.9 cm³/mol. The molecule has 0 aromatic heterocycles. The maximum Gasteiger partial charge on any atom is 0.319 e. The van der Waals surface area contributed by atoms with Crippen LogP contribution in [-0.2, 0) is 13.2 Å². The van der Waals surface area contributed by atoms with Gasteiger partial charge in [-0.2, -0.15) is 0 Å². The SMILES string of the molecule is O=C(NCc1ccccc1CO)Nc1ccccc1OCC1CC1. The van der Waals surface area contributed by atoms with E-state index in [2.05, 4.69) is 10.6 Å². The second-order valence-electron chi connectivity index (χ2n) is 5.99. The molecule has 2 aromatic rings. The fourth-order valence-electron chi connectivity index (χ4n) is 2.41. The van der Waals surface area contributed by atoms with E-state index in [0.717, 1.165) is 11.1 Å². The maximum absolute atomic E-state index is 12.1. The molecule has 0 atom stereocenters. The maximum atomic E-state index is 12.1. The number of aliphatic hydroxyl groups excluding tert-OH is 1. The number of urea groups is 1. The van der Waals surface area contributed by atoms with E-state index >= 15 is 0 Å². The quantitative estimate of drug-likeness (QED) is 0.731. The lowest BCUT2D eigenvalue weighted by atomic mass is 10.1. The number of anilines is 1. The third-order valence-corrected chi connectivity index (χ3v) is 4.03. The van der Waals surface area contributed by atoms with Gasteiger partial charge in [0.15, 0.2) is 0 Å². The summed E-state index contributed by atoms with van der Waals surface area (Å²) in [6.45, 7) is 1.01. The van der Waals surface area contributed by atoms with Gasteiger partial charge in [0.2, 0.25) is 0 Å². The van der Waals surface area contributed by atoms with Crippen molar-refractivity contribution in [3.05, 3.63) is 59.7 Å². The fraction of sp³-hybridized carbons (Fsp3) is 0.316. The number of rotatable bonds is 7. The topological polar surface area (TPSA) is 70.6 Å². The Morgan fingerprint density at radius 1 is 1.08 bits per heavy atom. The van der Waals surface area contributed by atoms with E-state index in [9.17, 15) is 9.90 Å². The standard InChI is InChI=1S/C19H22N2O3/c22-12-16-6-2-1-5-15(16)11-20-19(23)21-17-7-3-4-8-18(17)24-13-14-9-10-14/h1-8,14,22H,9-13H2,(H2,20,21,23). The first-order valence-electron chi connectivity index (χ1n) is 8.20. The summed E-state index contributed by atoms with van der Waals surface area (Å²) in [7, 11) is 0. The van der Waals surface area contributed by atoms with Gasteiger partial charge in [-0.25, -0.2) is 4.79 Å².